The molecule has 1 aromatic carbocycles. The van der Waals surface area contributed by atoms with Crippen LogP contribution in [0.2, 0.25) is 0 Å². The van der Waals surface area contributed by atoms with E-state index in [1.807, 2.05) is 19.1 Å². The molecule has 2 nitrogen and oxygen atoms in total. The quantitative estimate of drug-likeness (QED) is 0.620. The molecule has 0 aliphatic rings. The first-order chi connectivity index (χ1) is 5.24. The summed E-state index contributed by atoms with van der Waals surface area (Å²) in [5.74, 6) is 0. The van der Waals surface area contributed by atoms with Crippen molar-refractivity contribution in [2.24, 2.45) is 5.73 Å². The van der Waals surface area contributed by atoms with Crippen molar-refractivity contribution in [1.29, 1.82) is 0 Å². The maximum atomic E-state index is 5.65. The van der Waals surface area contributed by atoms with Gasteiger partial charge in [0.15, 0.2) is 0 Å². The Balaban J connectivity index is 2.86. The highest BCUT2D eigenvalue weighted by molar-refractivity contribution is 5.47. The molecule has 0 aliphatic heterocycles. The molecule has 4 N–H and O–H groups in total. The Morgan fingerprint density at radius 1 is 1.36 bits per heavy atom. The summed E-state index contributed by atoms with van der Waals surface area (Å²) in [5, 5.41) is 0. The van der Waals surface area contributed by atoms with Gasteiger partial charge in [-0.15, -0.1) is 0 Å². The molecule has 1 rings (SSSR count). The summed E-state index contributed by atoms with van der Waals surface area (Å²) in [7, 11) is 0. The lowest BCUT2D eigenvalue weighted by atomic mass is 10.1. The summed E-state index contributed by atoms with van der Waals surface area (Å²) >= 11 is 0. The molecule has 0 aromatic heterocycles. The molecule has 0 fully saturated rings. The number of aryl methyl sites for hydroxylation is 1. The van der Waals surface area contributed by atoms with Crippen LogP contribution in [0.5, 0.6) is 0 Å². The van der Waals surface area contributed by atoms with Crippen molar-refractivity contribution in [2.75, 3.05) is 12.3 Å². The van der Waals surface area contributed by atoms with Gasteiger partial charge in [-0.05, 0) is 37.1 Å². The number of nitrogen functional groups attached to an aromatic ring is 1. The number of anilines is 1. The summed E-state index contributed by atoms with van der Waals surface area (Å²) < 4.78 is 0. The van der Waals surface area contributed by atoms with Crippen LogP contribution in [0.4, 0.5) is 5.69 Å². The van der Waals surface area contributed by atoms with Crippen LogP contribution < -0.4 is 11.5 Å². The summed E-state index contributed by atoms with van der Waals surface area (Å²) in [6.07, 6.45) is 0.932. The molecule has 0 atom stereocenters. The third kappa shape index (κ3) is 1.95. The van der Waals surface area contributed by atoms with Crippen LogP contribution >= 0.6 is 0 Å². The van der Waals surface area contributed by atoms with Crippen LogP contribution in [0.1, 0.15) is 11.1 Å². The summed E-state index contributed by atoms with van der Waals surface area (Å²) in [6.45, 7) is 2.71. The molecule has 11 heavy (non-hydrogen) atoms. The Kier molecular flexibility index (Phi) is 2.49. The Labute approximate surface area is 67.2 Å². The molecule has 0 spiro atoms. The fourth-order valence-electron chi connectivity index (χ4n) is 1.06. The van der Waals surface area contributed by atoms with Crippen molar-refractivity contribution < 1.29 is 0 Å². The largest absolute Gasteiger partial charge is 0.399 e. The van der Waals surface area contributed by atoms with E-state index >= 15 is 0 Å². The van der Waals surface area contributed by atoms with Crippen LogP contribution in [0, 0.1) is 6.92 Å². The van der Waals surface area contributed by atoms with E-state index in [2.05, 4.69) is 6.07 Å². The number of rotatable bonds is 2. The first-order valence-electron chi connectivity index (χ1n) is 3.79. The van der Waals surface area contributed by atoms with Gasteiger partial charge in [0.25, 0.3) is 0 Å². The molecule has 0 radical (unpaired) electrons. The minimum absolute atomic E-state index is 0.698. The van der Waals surface area contributed by atoms with E-state index in [0.717, 1.165) is 17.7 Å². The molecular weight excluding hydrogens is 136 g/mol. The van der Waals surface area contributed by atoms with E-state index in [1.165, 1.54) is 5.56 Å². The Bertz CT molecular complexity index is 243. The monoisotopic (exact) mass is 150 g/mol. The molecule has 0 aliphatic carbocycles. The second-order valence-electron chi connectivity index (χ2n) is 2.73. The van der Waals surface area contributed by atoms with Crippen molar-refractivity contribution in [3.8, 4) is 0 Å². The molecule has 60 valence electrons. The molecule has 0 saturated carbocycles. The van der Waals surface area contributed by atoms with Crippen LogP contribution in [-0.2, 0) is 6.42 Å². The fourth-order valence-corrected chi connectivity index (χ4v) is 1.06. The van der Waals surface area contributed by atoms with Crippen LogP contribution in [0.3, 0.4) is 0 Å². The fraction of sp³-hybridized carbons (Fsp3) is 0.333. The average molecular weight is 150 g/mol. The van der Waals surface area contributed by atoms with Crippen molar-refractivity contribution in [3.63, 3.8) is 0 Å². The lowest BCUT2D eigenvalue weighted by Gasteiger charge is -2.02. The van der Waals surface area contributed by atoms with Crippen molar-refractivity contribution in [1.82, 2.24) is 0 Å². The minimum Gasteiger partial charge on any atom is -0.399 e. The number of hydrogen-bond acceptors (Lipinski definition) is 2. The Morgan fingerprint density at radius 2 is 2.09 bits per heavy atom. The number of nitrogens with two attached hydrogens (primary N) is 2. The first-order valence-corrected chi connectivity index (χ1v) is 3.79. The predicted octanol–water partition coefficient (Wildman–Crippen LogP) is 1.08. The molecule has 0 amide bonds. The molecule has 0 unspecified atom stereocenters. The second kappa shape index (κ2) is 3.39. The normalized spacial score (nSPS) is 10.0. The molecular formula is C9H14N2. The maximum absolute atomic E-state index is 5.65. The number of benzene rings is 1. The van der Waals surface area contributed by atoms with Gasteiger partial charge in [0.05, 0.1) is 0 Å². The molecule has 0 saturated heterocycles. The zero-order valence-electron chi connectivity index (χ0n) is 6.80. The first kappa shape index (κ1) is 8.08. The van der Waals surface area contributed by atoms with Crippen LogP contribution in [-0.4, -0.2) is 6.54 Å². The van der Waals surface area contributed by atoms with E-state index in [-0.39, 0.29) is 0 Å². The van der Waals surface area contributed by atoms with Crippen molar-refractivity contribution >= 4 is 5.69 Å². The highest BCUT2D eigenvalue weighted by Gasteiger charge is 1.94. The van der Waals surface area contributed by atoms with Gasteiger partial charge >= 0.3 is 0 Å². The smallest absolute Gasteiger partial charge is 0.0343 e. The predicted molar refractivity (Wildman–Crippen MR) is 48.3 cm³/mol. The highest BCUT2D eigenvalue weighted by atomic mass is 14.6. The molecule has 0 heterocycles. The SMILES string of the molecule is Cc1cc(CCN)ccc1N. The maximum Gasteiger partial charge on any atom is 0.0343 e. The van der Waals surface area contributed by atoms with Gasteiger partial charge in [-0.2, -0.15) is 0 Å². The van der Waals surface area contributed by atoms with Gasteiger partial charge in [-0.3, -0.25) is 0 Å². The molecule has 2 heteroatoms. The van der Waals surface area contributed by atoms with E-state index in [4.69, 9.17) is 11.5 Å². The third-order valence-corrected chi connectivity index (χ3v) is 1.77. The average Bonchev–Trinajstić information content (AvgIpc) is 1.98. The Morgan fingerprint density at radius 3 is 2.64 bits per heavy atom. The van der Waals surface area contributed by atoms with E-state index < -0.39 is 0 Å². The summed E-state index contributed by atoms with van der Waals surface area (Å²) in [5.41, 5.74) is 14.3. The highest BCUT2D eigenvalue weighted by Crippen LogP contribution is 2.12. The second-order valence-corrected chi connectivity index (χ2v) is 2.73. The van der Waals surface area contributed by atoms with E-state index in [9.17, 15) is 0 Å². The van der Waals surface area contributed by atoms with Gasteiger partial charge in [-0.1, -0.05) is 12.1 Å². The van der Waals surface area contributed by atoms with Gasteiger partial charge in [0.2, 0.25) is 0 Å². The molecule has 0 bridgehead atoms. The van der Waals surface area contributed by atoms with E-state index in [1.54, 1.807) is 0 Å². The number of hydrogen-bond donors (Lipinski definition) is 2. The topological polar surface area (TPSA) is 52.0 Å². The Hall–Kier alpha value is -1.02. The van der Waals surface area contributed by atoms with Crippen molar-refractivity contribution in [3.05, 3.63) is 29.3 Å². The lowest BCUT2D eigenvalue weighted by Crippen LogP contribution is -2.03. The minimum atomic E-state index is 0.698. The van der Waals surface area contributed by atoms with Gasteiger partial charge in [0, 0.05) is 5.69 Å². The zero-order valence-corrected chi connectivity index (χ0v) is 6.80. The standard InChI is InChI=1S/C9H14N2/c1-7-6-8(4-5-10)2-3-9(7)11/h2-3,6H,4-5,10-11H2,1H3. The summed E-state index contributed by atoms with van der Waals surface area (Å²) in [6, 6.07) is 6.04. The zero-order chi connectivity index (χ0) is 8.27. The van der Waals surface area contributed by atoms with Gasteiger partial charge < -0.3 is 11.5 Å². The van der Waals surface area contributed by atoms with Crippen molar-refractivity contribution in [2.45, 2.75) is 13.3 Å². The summed E-state index contributed by atoms with van der Waals surface area (Å²) in [4.78, 5) is 0. The lowest BCUT2D eigenvalue weighted by molar-refractivity contribution is 0.967. The third-order valence-electron chi connectivity index (χ3n) is 1.77. The van der Waals surface area contributed by atoms with Crippen LogP contribution in [0.15, 0.2) is 18.2 Å². The van der Waals surface area contributed by atoms with Gasteiger partial charge in [-0.25, -0.2) is 0 Å². The molecule has 1 aromatic rings. The van der Waals surface area contributed by atoms with Crippen LogP contribution in [0.25, 0.3) is 0 Å². The van der Waals surface area contributed by atoms with Gasteiger partial charge in [0.1, 0.15) is 0 Å². The van der Waals surface area contributed by atoms with E-state index in [0.29, 0.717) is 6.54 Å².